The Bertz CT molecular complexity index is 749. The SMILES string of the molecule is CCc1nc(CN2C(=O)C(=O)c3c(C)ccc(C)c32)no1. The number of carbonyl (C=O) groups is 2. The Hall–Kier alpha value is -2.50. The predicted molar refractivity (Wildman–Crippen MR) is 75.1 cm³/mol. The number of fused-ring (bicyclic) bond motifs is 1. The Morgan fingerprint density at radius 1 is 1.19 bits per heavy atom. The summed E-state index contributed by atoms with van der Waals surface area (Å²) in [5.41, 5.74) is 2.83. The molecule has 0 spiro atoms. The maximum absolute atomic E-state index is 12.2. The Kier molecular flexibility index (Phi) is 3.08. The average Bonchev–Trinajstić information content (AvgIpc) is 3.02. The van der Waals surface area contributed by atoms with Gasteiger partial charge in [0.15, 0.2) is 5.82 Å². The Labute approximate surface area is 121 Å². The molecule has 1 aromatic carbocycles. The molecule has 0 aliphatic carbocycles. The molecule has 1 amide bonds. The monoisotopic (exact) mass is 285 g/mol. The van der Waals surface area contributed by atoms with Gasteiger partial charge in [0.1, 0.15) is 0 Å². The molecule has 1 aliphatic rings. The minimum Gasteiger partial charge on any atom is -0.339 e. The molecule has 0 radical (unpaired) electrons. The lowest BCUT2D eigenvalue weighted by Gasteiger charge is -2.16. The molecule has 0 saturated heterocycles. The van der Waals surface area contributed by atoms with Crippen LogP contribution >= 0.6 is 0 Å². The van der Waals surface area contributed by atoms with Crippen LogP contribution in [0.15, 0.2) is 16.7 Å². The van der Waals surface area contributed by atoms with E-state index in [1.54, 1.807) is 0 Å². The third-order valence-corrected chi connectivity index (χ3v) is 3.64. The number of Topliss-reactive ketones (excluding diaryl/α,β-unsaturated/α-hetero) is 1. The molecule has 6 nitrogen and oxygen atoms in total. The number of rotatable bonds is 3. The molecule has 0 unspecified atom stereocenters. The third-order valence-electron chi connectivity index (χ3n) is 3.64. The Balaban J connectivity index is 2.03. The fraction of sp³-hybridized carbons (Fsp3) is 0.333. The average molecular weight is 285 g/mol. The lowest BCUT2D eigenvalue weighted by atomic mass is 10.0. The molecule has 0 fully saturated rings. The first kappa shape index (κ1) is 13.5. The van der Waals surface area contributed by atoms with Crippen LogP contribution in [-0.4, -0.2) is 21.8 Å². The number of ketones is 1. The summed E-state index contributed by atoms with van der Waals surface area (Å²) >= 11 is 0. The van der Waals surface area contributed by atoms with Crippen molar-refractivity contribution >= 4 is 17.4 Å². The van der Waals surface area contributed by atoms with Crippen molar-refractivity contribution in [2.45, 2.75) is 33.7 Å². The number of aryl methyl sites for hydroxylation is 3. The zero-order valence-corrected chi connectivity index (χ0v) is 12.1. The standard InChI is InChI=1S/C15H15N3O3/c1-4-11-16-10(17-21-11)7-18-13-9(3)6-5-8(2)12(13)14(19)15(18)20/h5-6H,4,7H2,1-3H3. The highest BCUT2D eigenvalue weighted by molar-refractivity contribution is 6.52. The molecule has 0 N–H and O–H groups in total. The number of anilines is 1. The van der Waals surface area contributed by atoms with Crippen molar-refractivity contribution < 1.29 is 14.1 Å². The van der Waals surface area contributed by atoms with Crippen LogP contribution in [0.25, 0.3) is 0 Å². The summed E-state index contributed by atoms with van der Waals surface area (Å²) < 4.78 is 5.04. The van der Waals surface area contributed by atoms with E-state index in [0.29, 0.717) is 29.4 Å². The number of nitrogens with zero attached hydrogens (tertiary/aromatic N) is 3. The van der Waals surface area contributed by atoms with Gasteiger partial charge in [-0.2, -0.15) is 4.98 Å². The predicted octanol–water partition coefficient (Wildman–Crippen LogP) is 1.98. The first-order valence-corrected chi connectivity index (χ1v) is 6.80. The van der Waals surface area contributed by atoms with Crippen LogP contribution in [0.1, 0.15) is 40.1 Å². The molecule has 3 rings (SSSR count). The van der Waals surface area contributed by atoms with E-state index in [1.807, 2.05) is 32.9 Å². The first-order chi connectivity index (χ1) is 10.0. The fourth-order valence-electron chi connectivity index (χ4n) is 2.55. The van der Waals surface area contributed by atoms with Crippen LogP contribution in [0.3, 0.4) is 0 Å². The summed E-state index contributed by atoms with van der Waals surface area (Å²) in [7, 11) is 0. The normalized spacial score (nSPS) is 14.0. The minimum absolute atomic E-state index is 0.144. The van der Waals surface area contributed by atoms with Gasteiger partial charge in [0, 0.05) is 6.42 Å². The maximum Gasteiger partial charge on any atom is 0.299 e. The summed E-state index contributed by atoms with van der Waals surface area (Å²) in [5, 5.41) is 3.84. The van der Waals surface area contributed by atoms with Crippen LogP contribution in [-0.2, 0) is 17.8 Å². The van der Waals surface area contributed by atoms with E-state index in [2.05, 4.69) is 10.1 Å². The van der Waals surface area contributed by atoms with E-state index < -0.39 is 11.7 Å². The molecular formula is C15H15N3O3. The third kappa shape index (κ3) is 2.03. The van der Waals surface area contributed by atoms with E-state index in [0.717, 1.165) is 11.1 Å². The maximum atomic E-state index is 12.2. The lowest BCUT2D eigenvalue weighted by molar-refractivity contribution is -0.114. The topological polar surface area (TPSA) is 76.3 Å². The smallest absolute Gasteiger partial charge is 0.299 e. The number of carbonyl (C=O) groups excluding carboxylic acids is 2. The van der Waals surface area contributed by atoms with Crippen LogP contribution in [0.5, 0.6) is 0 Å². The minimum atomic E-state index is -0.537. The number of aromatic nitrogens is 2. The molecule has 1 aromatic heterocycles. The van der Waals surface area contributed by atoms with Crippen LogP contribution in [0, 0.1) is 13.8 Å². The van der Waals surface area contributed by atoms with Gasteiger partial charge in [-0.1, -0.05) is 24.2 Å². The summed E-state index contributed by atoms with van der Waals surface area (Å²) in [6.07, 6.45) is 0.634. The van der Waals surface area contributed by atoms with E-state index >= 15 is 0 Å². The highest BCUT2D eigenvalue weighted by atomic mass is 16.5. The van der Waals surface area contributed by atoms with Gasteiger partial charge in [-0.3, -0.25) is 14.5 Å². The zero-order chi connectivity index (χ0) is 15.1. The second kappa shape index (κ2) is 4.80. The van der Waals surface area contributed by atoms with Crippen molar-refractivity contribution in [3.05, 3.63) is 40.5 Å². The molecule has 6 heteroatoms. The summed E-state index contributed by atoms with van der Waals surface area (Å²) in [6, 6.07) is 3.76. The van der Waals surface area contributed by atoms with Crippen LogP contribution in [0.4, 0.5) is 5.69 Å². The molecule has 0 atom stereocenters. The van der Waals surface area contributed by atoms with Crippen molar-refractivity contribution in [3.8, 4) is 0 Å². The van der Waals surface area contributed by atoms with E-state index in [9.17, 15) is 9.59 Å². The van der Waals surface area contributed by atoms with Gasteiger partial charge < -0.3 is 4.52 Å². The van der Waals surface area contributed by atoms with E-state index in [4.69, 9.17) is 4.52 Å². The highest BCUT2D eigenvalue weighted by Crippen LogP contribution is 2.35. The molecule has 0 bridgehead atoms. The number of amides is 1. The second-order valence-corrected chi connectivity index (χ2v) is 5.10. The summed E-state index contributed by atoms with van der Waals surface area (Å²) in [4.78, 5) is 30.0. The van der Waals surface area contributed by atoms with Gasteiger partial charge in [0.2, 0.25) is 5.89 Å². The molecule has 1 aliphatic heterocycles. The second-order valence-electron chi connectivity index (χ2n) is 5.10. The molecule has 108 valence electrons. The van der Waals surface area contributed by atoms with E-state index in [-0.39, 0.29) is 6.54 Å². The summed E-state index contributed by atoms with van der Waals surface area (Å²) in [5.74, 6) is -0.0819. The van der Waals surface area contributed by atoms with Crippen molar-refractivity contribution in [2.24, 2.45) is 0 Å². The van der Waals surface area contributed by atoms with Gasteiger partial charge in [0.25, 0.3) is 11.7 Å². The molecule has 2 heterocycles. The van der Waals surface area contributed by atoms with Gasteiger partial charge in [-0.25, -0.2) is 0 Å². The molecule has 0 saturated carbocycles. The highest BCUT2D eigenvalue weighted by Gasteiger charge is 2.38. The number of hydrogen-bond donors (Lipinski definition) is 0. The Morgan fingerprint density at radius 2 is 1.90 bits per heavy atom. The first-order valence-electron chi connectivity index (χ1n) is 6.80. The summed E-state index contributed by atoms with van der Waals surface area (Å²) in [6.45, 7) is 5.76. The van der Waals surface area contributed by atoms with Gasteiger partial charge >= 0.3 is 0 Å². The van der Waals surface area contributed by atoms with Gasteiger partial charge in [0.05, 0.1) is 17.8 Å². The van der Waals surface area contributed by atoms with Crippen molar-refractivity contribution in [2.75, 3.05) is 4.90 Å². The lowest BCUT2D eigenvalue weighted by Crippen LogP contribution is -2.30. The van der Waals surface area contributed by atoms with E-state index in [1.165, 1.54) is 4.90 Å². The quantitative estimate of drug-likeness (QED) is 0.806. The molecule has 21 heavy (non-hydrogen) atoms. The largest absolute Gasteiger partial charge is 0.339 e. The van der Waals surface area contributed by atoms with Crippen LogP contribution in [0.2, 0.25) is 0 Å². The van der Waals surface area contributed by atoms with Gasteiger partial charge in [-0.15, -0.1) is 0 Å². The Morgan fingerprint density at radius 3 is 2.57 bits per heavy atom. The van der Waals surface area contributed by atoms with Gasteiger partial charge in [-0.05, 0) is 25.0 Å². The molecule has 2 aromatic rings. The van der Waals surface area contributed by atoms with Crippen molar-refractivity contribution in [1.29, 1.82) is 0 Å². The molecular weight excluding hydrogens is 270 g/mol. The zero-order valence-electron chi connectivity index (χ0n) is 12.1. The fourth-order valence-corrected chi connectivity index (χ4v) is 2.55. The number of hydrogen-bond acceptors (Lipinski definition) is 5. The van der Waals surface area contributed by atoms with Crippen molar-refractivity contribution in [3.63, 3.8) is 0 Å². The van der Waals surface area contributed by atoms with Crippen molar-refractivity contribution in [1.82, 2.24) is 10.1 Å². The van der Waals surface area contributed by atoms with Crippen LogP contribution < -0.4 is 4.90 Å². The number of benzene rings is 1.